The molecule has 9 nitrogen and oxygen atoms in total. The zero-order valence-corrected chi connectivity index (χ0v) is 12.9. The van der Waals surface area contributed by atoms with Gasteiger partial charge in [0.25, 0.3) is 5.69 Å². The molecule has 0 spiro atoms. The third-order valence-corrected chi connectivity index (χ3v) is 3.57. The molecule has 21 heavy (non-hydrogen) atoms. The van der Waals surface area contributed by atoms with E-state index in [1.165, 1.54) is 29.8 Å². The molecule has 0 unspecified atom stereocenters. The molecule has 0 bridgehead atoms. The Balaban J connectivity index is 2.13. The van der Waals surface area contributed by atoms with E-state index >= 15 is 0 Å². The number of rotatable bonds is 5. The molecule has 0 amide bonds. The van der Waals surface area contributed by atoms with Crippen molar-refractivity contribution in [1.29, 1.82) is 0 Å². The number of hydrogen-bond donors (Lipinski definition) is 0. The van der Waals surface area contributed by atoms with Crippen molar-refractivity contribution in [3.05, 3.63) is 54.0 Å². The standard InChI is InChI=1S/C11H9IN4O5/c1-14-10(13-5-11(14)16(19)20)6-21-9-3-2-7(15(17)18)4-8(9)12/h2-5H,6H2,1H3. The van der Waals surface area contributed by atoms with E-state index in [1.807, 2.05) is 22.6 Å². The zero-order valence-electron chi connectivity index (χ0n) is 10.7. The zero-order chi connectivity index (χ0) is 15.6. The Kier molecular flexibility index (Phi) is 4.35. The molecule has 1 aromatic heterocycles. The van der Waals surface area contributed by atoms with E-state index in [0.717, 1.165) is 6.20 Å². The number of nitro benzene ring substituents is 1. The van der Waals surface area contributed by atoms with Crippen LogP contribution in [0, 0.1) is 23.8 Å². The summed E-state index contributed by atoms with van der Waals surface area (Å²) in [7, 11) is 1.52. The Labute approximate surface area is 132 Å². The first-order valence-corrected chi connectivity index (χ1v) is 6.69. The van der Waals surface area contributed by atoms with Gasteiger partial charge < -0.3 is 14.9 Å². The molecule has 0 fully saturated rings. The summed E-state index contributed by atoms with van der Waals surface area (Å²) < 4.78 is 7.39. The van der Waals surface area contributed by atoms with Crippen LogP contribution in [-0.4, -0.2) is 19.4 Å². The predicted molar refractivity (Wildman–Crippen MR) is 80.0 cm³/mol. The van der Waals surface area contributed by atoms with E-state index in [0.29, 0.717) is 15.1 Å². The number of hydrogen-bond acceptors (Lipinski definition) is 6. The number of aromatic nitrogens is 2. The van der Waals surface area contributed by atoms with E-state index in [1.54, 1.807) is 0 Å². The van der Waals surface area contributed by atoms with Crippen LogP contribution in [0.1, 0.15) is 5.82 Å². The Hall–Kier alpha value is -2.24. The lowest BCUT2D eigenvalue weighted by atomic mass is 10.3. The second kappa shape index (κ2) is 6.03. The highest BCUT2D eigenvalue weighted by atomic mass is 127. The molecule has 0 radical (unpaired) electrons. The molecule has 0 saturated heterocycles. The van der Waals surface area contributed by atoms with E-state index in [-0.39, 0.29) is 18.1 Å². The van der Waals surface area contributed by atoms with Crippen LogP contribution < -0.4 is 4.74 Å². The van der Waals surface area contributed by atoms with Gasteiger partial charge in [-0.15, -0.1) is 0 Å². The molecule has 0 aliphatic rings. The molecule has 0 aliphatic heterocycles. The van der Waals surface area contributed by atoms with Gasteiger partial charge >= 0.3 is 5.82 Å². The van der Waals surface area contributed by atoms with Gasteiger partial charge in [-0.3, -0.25) is 10.1 Å². The van der Waals surface area contributed by atoms with Crippen LogP contribution in [0.15, 0.2) is 24.4 Å². The molecule has 1 heterocycles. The van der Waals surface area contributed by atoms with Crippen LogP contribution in [0.4, 0.5) is 11.5 Å². The van der Waals surface area contributed by atoms with E-state index in [9.17, 15) is 20.2 Å². The van der Waals surface area contributed by atoms with Crippen molar-refractivity contribution in [2.45, 2.75) is 6.61 Å². The molecule has 0 aliphatic carbocycles. The first-order valence-electron chi connectivity index (χ1n) is 5.62. The first kappa shape index (κ1) is 15.2. The maximum absolute atomic E-state index is 10.7. The van der Waals surface area contributed by atoms with Gasteiger partial charge in [0.2, 0.25) is 5.82 Å². The SMILES string of the molecule is Cn1c([N+](=O)[O-])cnc1COc1ccc([N+](=O)[O-])cc1I. The highest BCUT2D eigenvalue weighted by Gasteiger charge is 2.17. The molecular weight excluding hydrogens is 395 g/mol. The minimum atomic E-state index is -0.536. The van der Waals surface area contributed by atoms with Gasteiger partial charge in [-0.1, -0.05) is 0 Å². The van der Waals surface area contributed by atoms with E-state index in [4.69, 9.17) is 4.74 Å². The summed E-state index contributed by atoms with van der Waals surface area (Å²) in [6, 6.07) is 4.20. The van der Waals surface area contributed by atoms with Gasteiger partial charge in [0, 0.05) is 12.1 Å². The first-order chi connectivity index (χ1) is 9.90. The van der Waals surface area contributed by atoms with Crippen molar-refractivity contribution in [2.24, 2.45) is 7.05 Å². The normalized spacial score (nSPS) is 10.4. The van der Waals surface area contributed by atoms with Crippen LogP contribution in [0.25, 0.3) is 0 Å². The lowest BCUT2D eigenvalue weighted by Crippen LogP contribution is -2.06. The molecule has 2 aromatic rings. The van der Waals surface area contributed by atoms with Crippen molar-refractivity contribution in [3.63, 3.8) is 0 Å². The van der Waals surface area contributed by atoms with Crippen LogP contribution >= 0.6 is 22.6 Å². The minimum Gasteiger partial charge on any atom is -0.482 e. The fourth-order valence-corrected chi connectivity index (χ4v) is 2.26. The third-order valence-electron chi connectivity index (χ3n) is 2.73. The topological polar surface area (TPSA) is 113 Å². The molecule has 0 N–H and O–H groups in total. The number of nitro groups is 2. The Morgan fingerprint density at radius 3 is 2.57 bits per heavy atom. The van der Waals surface area contributed by atoms with Crippen LogP contribution in [0.2, 0.25) is 0 Å². The average Bonchev–Trinajstić information content (AvgIpc) is 2.78. The molecule has 1 aromatic carbocycles. The number of non-ortho nitro benzene ring substituents is 1. The monoisotopic (exact) mass is 404 g/mol. The Morgan fingerprint density at radius 2 is 2.05 bits per heavy atom. The molecular formula is C11H9IN4O5. The van der Waals surface area contributed by atoms with Crippen molar-refractivity contribution in [2.75, 3.05) is 0 Å². The number of imidazole rings is 1. The number of halogens is 1. The predicted octanol–water partition coefficient (Wildman–Crippen LogP) is 2.42. The average molecular weight is 404 g/mol. The highest BCUT2D eigenvalue weighted by molar-refractivity contribution is 14.1. The van der Waals surface area contributed by atoms with Crippen molar-refractivity contribution >= 4 is 34.1 Å². The third kappa shape index (κ3) is 3.26. The molecule has 110 valence electrons. The summed E-state index contributed by atoms with van der Waals surface area (Å²) >= 11 is 1.92. The van der Waals surface area contributed by atoms with Gasteiger partial charge in [-0.2, -0.15) is 0 Å². The minimum absolute atomic E-state index is 0.0259. The van der Waals surface area contributed by atoms with Gasteiger partial charge in [0.1, 0.15) is 11.9 Å². The van der Waals surface area contributed by atoms with Crippen molar-refractivity contribution in [3.8, 4) is 5.75 Å². The summed E-state index contributed by atoms with van der Waals surface area (Å²) in [6.45, 7) is 0.0259. The van der Waals surface area contributed by atoms with Gasteiger partial charge in [-0.25, -0.2) is 9.55 Å². The van der Waals surface area contributed by atoms with E-state index in [2.05, 4.69) is 4.98 Å². The van der Waals surface area contributed by atoms with Crippen LogP contribution in [0.3, 0.4) is 0 Å². The van der Waals surface area contributed by atoms with Crippen molar-refractivity contribution in [1.82, 2.24) is 9.55 Å². The molecule has 0 saturated carbocycles. The van der Waals surface area contributed by atoms with Crippen LogP contribution in [-0.2, 0) is 13.7 Å². The fourth-order valence-electron chi connectivity index (χ4n) is 1.60. The summed E-state index contributed by atoms with van der Waals surface area (Å²) in [5.74, 6) is 0.703. The summed E-state index contributed by atoms with van der Waals surface area (Å²) in [6.07, 6.45) is 1.15. The summed E-state index contributed by atoms with van der Waals surface area (Å²) in [5.41, 5.74) is -0.0284. The number of nitrogens with zero attached hydrogens (tertiary/aromatic N) is 4. The lowest BCUT2D eigenvalue weighted by Gasteiger charge is -2.06. The smallest absolute Gasteiger partial charge is 0.342 e. The van der Waals surface area contributed by atoms with E-state index < -0.39 is 9.85 Å². The largest absolute Gasteiger partial charge is 0.482 e. The quantitative estimate of drug-likeness (QED) is 0.430. The maximum Gasteiger partial charge on any atom is 0.342 e. The second-order valence-corrected chi connectivity index (χ2v) is 5.17. The fraction of sp³-hybridized carbons (Fsp3) is 0.182. The Morgan fingerprint density at radius 1 is 1.33 bits per heavy atom. The Bertz CT molecular complexity index is 715. The molecule has 2 rings (SSSR count). The molecule has 0 atom stereocenters. The second-order valence-electron chi connectivity index (χ2n) is 4.01. The van der Waals surface area contributed by atoms with Gasteiger partial charge in [-0.05, 0) is 33.6 Å². The lowest BCUT2D eigenvalue weighted by molar-refractivity contribution is -0.391. The number of ether oxygens (including phenoxy) is 1. The molecule has 10 heteroatoms. The van der Waals surface area contributed by atoms with Crippen molar-refractivity contribution < 1.29 is 14.6 Å². The highest BCUT2D eigenvalue weighted by Crippen LogP contribution is 2.26. The van der Waals surface area contributed by atoms with Gasteiger partial charge in [0.15, 0.2) is 6.61 Å². The maximum atomic E-state index is 10.7. The number of benzene rings is 1. The summed E-state index contributed by atoms with van der Waals surface area (Å²) in [5, 5.41) is 21.3. The summed E-state index contributed by atoms with van der Waals surface area (Å²) in [4.78, 5) is 24.2. The van der Waals surface area contributed by atoms with Gasteiger partial charge in [0.05, 0.1) is 15.5 Å². The van der Waals surface area contributed by atoms with Crippen LogP contribution in [0.5, 0.6) is 5.75 Å².